The Hall–Kier alpha value is -3.49. The van der Waals surface area contributed by atoms with Gasteiger partial charge in [-0.25, -0.2) is 21.9 Å². The lowest BCUT2D eigenvalue weighted by atomic mass is 9.98. The van der Waals surface area contributed by atoms with E-state index < -0.39 is 29.9 Å². The summed E-state index contributed by atoms with van der Waals surface area (Å²) >= 11 is 0. The first-order valence-electron chi connectivity index (χ1n) is 14.8. The fourth-order valence-corrected chi connectivity index (χ4v) is 7.46. The molecule has 242 valence electrons. The Balaban J connectivity index is 1.58. The molecular formula is C32H39FN2O8SSi. The second-order valence-electron chi connectivity index (χ2n) is 12.1. The van der Waals surface area contributed by atoms with E-state index in [9.17, 15) is 17.6 Å². The predicted octanol–water partition coefficient (Wildman–Crippen LogP) is 5.62. The van der Waals surface area contributed by atoms with E-state index in [1.54, 1.807) is 18.2 Å². The highest BCUT2D eigenvalue weighted by Crippen LogP contribution is 2.45. The van der Waals surface area contributed by atoms with Gasteiger partial charge in [-0.1, -0.05) is 31.8 Å². The number of carbonyl (C=O) groups excluding carboxylic acids is 1. The minimum Gasteiger partial charge on any atom is -0.484 e. The zero-order chi connectivity index (χ0) is 32.2. The molecule has 3 aromatic rings. The maximum atomic E-state index is 14.6. The highest BCUT2D eigenvalue weighted by Gasteiger charge is 2.35. The summed E-state index contributed by atoms with van der Waals surface area (Å²) < 4.78 is 72.7. The van der Waals surface area contributed by atoms with Crippen LogP contribution in [0.1, 0.15) is 21.7 Å². The molecule has 1 fully saturated rings. The van der Waals surface area contributed by atoms with Crippen LogP contribution in [0.3, 0.4) is 0 Å². The van der Waals surface area contributed by atoms with Crippen molar-refractivity contribution >= 4 is 35.8 Å². The van der Waals surface area contributed by atoms with Gasteiger partial charge in [0.05, 0.1) is 37.2 Å². The third-order valence-corrected chi connectivity index (χ3v) is 11.2. The van der Waals surface area contributed by atoms with E-state index >= 15 is 0 Å². The lowest BCUT2D eigenvalue weighted by Gasteiger charge is -2.29. The molecule has 0 unspecified atom stereocenters. The summed E-state index contributed by atoms with van der Waals surface area (Å²) in [6.07, 6.45) is 4.94. The van der Waals surface area contributed by atoms with Gasteiger partial charge in [-0.3, -0.25) is 4.90 Å². The Kier molecular flexibility index (Phi) is 10.1. The van der Waals surface area contributed by atoms with Crippen molar-refractivity contribution in [3.8, 4) is 16.9 Å². The van der Waals surface area contributed by atoms with Gasteiger partial charge in [0.2, 0.25) is 0 Å². The van der Waals surface area contributed by atoms with Gasteiger partial charge in [-0.05, 0) is 48.0 Å². The van der Waals surface area contributed by atoms with Crippen LogP contribution >= 0.6 is 0 Å². The minimum absolute atomic E-state index is 0.0214. The Morgan fingerprint density at radius 2 is 1.89 bits per heavy atom. The fraction of sp³-hybridized carbons (Fsp3) is 0.406. The van der Waals surface area contributed by atoms with E-state index in [-0.39, 0.29) is 40.8 Å². The van der Waals surface area contributed by atoms with Gasteiger partial charge >= 0.3 is 5.97 Å². The Morgan fingerprint density at radius 3 is 2.62 bits per heavy atom. The highest BCUT2D eigenvalue weighted by molar-refractivity contribution is 7.93. The smallest absolute Gasteiger partial charge is 0.343 e. The maximum absolute atomic E-state index is 14.6. The van der Waals surface area contributed by atoms with Crippen LogP contribution in [0.15, 0.2) is 58.1 Å². The molecule has 5 rings (SSSR count). The van der Waals surface area contributed by atoms with Crippen molar-refractivity contribution in [3.05, 3.63) is 71.4 Å². The number of carbonyl (C=O) groups is 1. The number of ether oxygens (including phenoxy) is 4. The van der Waals surface area contributed by atoms with E-state index in [1.165, 1.54) is 31.6 Å². The molecule has 10 nitrogen and oxygen atoms in total. The normalized spacial score (nSPS) is 15.4. The largest absolute Gasteiger partial charge is 0.484 e. The number of sulfonamides is 1. The van der Waals surface area contributed by atoms with E-state index in [4.69, 9.17) is 23.4 Å². The molecule has 2 aromatic carbocycles. The van der Waals surface area contributed by atoms with Crippen LogP contribution in [0.4, 0.5) is 10.1 Å². The number of fused-ring (bicyclic) bond motifs is 3. The van der Waals surface area contributed by atoms with Crippen LogP contribution in [0.25, 0.3) is 17.2 Å². The first-order chi connectivity index (χ1) is 21.5. The molecule has 1 aromatic heterocycles. The van der Waals surface area contributed by atoms with Crippen LogP contribution in [0.5, 0.6) is 5.75 Å². The van der Waals surface area contributed by atoms with Crippen molar-refractivity contribution < 1.29 is 41.0 Å². The number of nitrogens with zero attached hydrogens (tertiary/aromatic N) is 2. The number of morpholine rings is 1. The molecule has 0 N–H and O–H groups in total. The second kappa shape index (κ2) is 13.9. The fourth-order valence-electron chi connectivity index (χ4n) is 5.18. The number of halogens is 1. The zero-order valence-corrected chi connectivity index (χ0v) is 27.8. The molecule has 2 aliphatic heterocycles. The van der Waals surface area contributed by atoms with E-state index in [0.29, 0.717) is 37.7 Å². The van der Waals surface area contributed by atoms with Gasteiger partial charge in [0.15, 0.2) is 0 Å². The quantitative estimate of drug-likeness (QED) is 0.106. The Morgan fingerprint density at radius 1 is 1.11 bits per heavy atom. The molecule has 45 heavy (non-hydrogen) atoms. The summed E-state index contributed by atoms with van der Waals surface area (Å²) in [4.78, 5) is 15.4. The molecule has 0 bridgehead atoms. The van der Waals surface area contributed by atoms with Gasteiger partial charge in [0.1, 0.15) is 36.2 Å². The van der Waals surface area contributed by atoms with E-state index in [0.717, 1.165) is 35.1 Å². The molecule has 13 heteroatoms. The Labute approximate surface area is 264 Å². The second-order valence-corrected chi connectivity index (χ2v) is 19.5. The third-order valence-electron chi connectivity index (χ3n) is 7.69. The number of hydrogen-bond acceptors (Lipinski definition) is 9. The van der Waals surface area contributed by atoms with Gasteiger partial charge in [-0.2, -0.15) is 0 Å². The summed E-state index contributed by atoms with van der Waals surface area (Å²) in [5.41, 5.74) is 1.44. The van der Waals surface area contributed by atoms with Crippen molar-refractivity contribution in [2.24, 2.45) is 0 Å². The average Bonchev–Trinajstić information content (AvgIpc) is 3.49. The molecule has 0 amide bonds. The standard InChI is InChI=1S/C32H39FN2O8SSi/c1-39-32(36)30-27(9-8-26-25-11-15-42-28(25)21-43-31(26)30)35(22-41-18-19-45(2,3)4)44(37,38)29-10-7-24(33)20-23(29)6-5-12-34-13-16-40-17-14-34/h5-11,15,20H,12-14,16-19,21-22H2,1-4H3/b6-5-. The molecular weight excluding hydrogens is 620 g/mol. The number of methoxy groups -OCH3 is 1. The molecule has 0 spiro atoms. The summed E-state index contributed by atoms with van der Waals surface area (Å²) in [5.74, 6) is -0.586. The van der Waals surface area contributed by atoms with Gasteiger partial charge in [0, 0.05) is 45.4 Å². The van der Waals surface area contributed by atoms with Crippen molar-refractivity contribution in [2.45, 2.75) is 37.2 Å². The van der Waals surface area contributed by atoms with Crippen LogP contribution in [0.2, 0.25) is 25.7 Å². The third kappa shape index (κ3) is 7.50. The number of anilines is 1. The summed E-state index contributed by atoms with van der Waals surface area (Å²) in [7, 11) is -4.71. The molecule has 2 aliphatic rings. The summed E-state index contributed by atoms with van der Waals surface area (Å²) in [6.45, 7) is 9.86. The molecule has 1 saturated heterocycles. The van der Waals surface area contributed by atoms with Crippen LogP contribution in [0, 0.1) is 5.82 Å². The maximum Gasteiger partial charge on any atom is 0.343 e. The lowest BCUT2D eigenvalue weighted by Crippen LogP contribution is -2.36. The van der Waals surface area contributed by atoms with Gasteiger partial charge < -0.3 is 23.4 Å². The number of esters is 1. The molecule has 3 heterocycles. The SMILES string of the molecule is COC(=O)c1c(N(COCC[Si](C)(C)C)S(=O)(=O)c2ccc(F)cc2/C=C\CN2CCOCC2)ccc2c1OCc1occc1-2. The molecule has 0 atom stereocenters. The molecule has 0 aliphatic carbocycles. The number of benzene rings is 2. The topological polar surface area (TPSA) is 108 Å². The minimum atomic E-state index is -4.43. The molecule has 0 saturated carbocycles. The number of rotatable bonds is 12. The first kappa shape index (κ1) is 32.9. The van der Waals surface area contributed by atoms with Crippen molar-refractivity contribution in [2.75, 3.05) is 57.6 Å². The lowest BCUT2D eigenvalue weighted by molar-refractivity contribution is 0.0435. The van der Waals surface area contributed by atoms with Crippen molar-refractivity contribution in [1.82, 2.24) is 4.90 Å². The number of hydrogen-bond donors (Lipinski definition) is 0. The Bertz CT molecular complexity index is 1660. The van der Waals surface area contributed by atoms with Crippen molar-refractivity contribution in [3.63, 3.8) is 0 Å². The summed E-state index contributed by atoms with van der Waals surface area (Å²) in [5, 5.41) is 0. The first-order valence-corrected chi connectivity index (χ1v) is 20.0. The number of furan rings is 1. The monoisotopic (exact) mass is 658 g/mol. The highest BCUT2D eigenvalue weighted by atomic mass is 32.2. The van der Waals surface area contributed by atoms with Gasteiger partial charge in [-0.15, -0.1) is 0 Å². The average molecular weight is 659 g/mol. The van der Waals surface area contributed by atoms with Crippen LogP contribution < -0.4 is 9.04 Å². The molecule has 0 radical (unpaired) electrons. The van der Waals surface area contributed by atoms with Crippen LogP contribution in [-0.2, 0) is 30.8 Å². The zero-order valence-electron chi connectivity index (χ0n) is 26.0. The van der Waals surface area contributed by atoms with Crippen molar-refractivity contribution in [1.29, 1.82) is 0 Å². The van der Waals surface area contributed by atoms with Gasteiger partial charge in [0.25, 0.3) is 10.0 Å². The summed E-state index contributed by atoms with van der Waals surface area (Å²) in [6, 6.07) is 9.31. The van der Waals surface area contributed by atoms with E-state index in [1.807, 2.05) is 6.08 Å². The van der Waals surface area contributed by atoms with E-state index in [2.05, 4.69) is 24.5 Å². The van der Waals surface area contributed by atoms with Crippen LogP contribution in [-0.4, -0.2) is 80.7 Å². The predicted molar refractivity (Wildman–Crippen MR) is 171 cm³/mol.